The number of fused-ring (bicyclic) bond motifs is 1. The third-order valence-electron chi connectivity index (χ3n) is 8.03. The minimum atomic E-state index is -1.03. The Morgan fingerprint density at radius 1 is 1.08 bits per heavy atom. The van der Waals surface area contributed by atoms with Gasteiger partial charge in [-0.1, -0.05) is 55.1 Å². The first-order valence-electron chi connectivity index (χ1n) is 15.8. The summed E-state index contributed by atoms with van der Waals surface area (Å²) in [5.41, 5.74) is 2.67. The van der Waals surface area contributed by atoms with Crippen LogP contribution in [0.1, 0.15) is 62.4 Å². The molecule has 1 amide bonds. The van der Waals surface area contributed by atoms with E-state index in [0.29, 0.717) is 58.3 Å². The highest BCUT2D eigenvalue weighted by molar-refractivity contribution is 8.00. The minimum Gasteiger partial charge on any atom is -0.507 e. The van der Waals surface area contributed by atoms with Gasteiger partial charge in [-0.05, 0) is 85.3 Å². The number of hydrogen-bond acceptors (Lipinski definition) is 10. The first kappa shape index (κ1) is 33.5. The monoisotopic (exact) mass is 689 g/mol. The molecule has 2 atom stereocenters. The van der Waals surface area contributed by atoms with Gasteiger partial charge in [-0.25, -0.2) is 4.39 Å². The molecule has 0 radical (unpaired) electrons. The summed E-state index contributed by atoms with van der Waals surface area (Å²) in [4.78, 5) is 28.9. The van der Waals surface area contributed by atoms with Crippen molar-refractivity contribution in [2.75, 3.05) is 18.1 Å². The number of nitrogens with zero attached hydrogens (tertiary/aromatic N) is 3. The number of aliphatic hydroxyl groups is 1. The van der Waals surface area contributed by atoms with E-state index >= 15 is 0 Å². The first-order valence-corrected chi connectivity index (χ1v) is 17.6. The van der Waals surface area contributed by atoms with Gasteiger partial charge in [0.25, 0.3) is 5.78 Å². The fraction of sp³-hybridized carbons (Fsp3) is 0.333. The molecule has 2 aliphatic rings. The molecule has 2 aliphatic heterocycles. The van der Waals surface area contributed by atoms with E-state index in [2.05, 4.69) is 24.0 Å². The summed E-state index contributed by atoms with van der Waals surface area (Å²) in [5.74, 6) is 0.408. The number of ether oxygens (including phenoxy) is 3. The average Bonchev–Trinajstić information content (AvgIpc) is 3.75. The fourth-order valence-electron chi connectivity index (χ4n) is 5.64. The van der Waals surface area contributed by atoms with Crippen LogP contribution in [0.3, 0.4) is 0 Å². The minimum absolute atomic E-state index is 0.00578. The SMILES string of the molecule is CCOc1cc([C@H]2C(=C(O)c3ccc4c(c3)C[C@@H](C)O4)C(=O)C(=O)N2c2nnc(SCc3ccc(F)cc3)s2)ccc1OCCC(C)C. The van der Waals surface area contributed by atoms with Crippen molar-refractivity contribution >= 4 is 45.7 Å². The number of carbonyl (C=O) groups is 2. The average molecular weight is 690 g/mol. The maximum Gasteiger partial charge on any atom is 0.301 e. The van der Waals surface area contributed by atoms with Crippen molar-refractivity contribution in [3.05, 3.63) is 94.3 Å². The number of hydrogen-bond donors (Lipinski definition) is 1. The molecule has 4 aromatic rings. The molecular formula is C36H36FN3O6S2. The molecular weight excluding hydrogens is 654 g/mol. The lowest BCUT2D eigenvalue weighted by Gasteiger charge is -2.24. The molecule has 0 bridgehead atoms. The van der Waals surface area contributed by atoms with E-state index in [1.54, 1.807) is 48.5 Å². The van der Waals surface area contributed by atoms with E-state index in [1.807, 2.05) is 13.8 Å². The van der Waals surface area contributed by atoms with Gasteiger partial charge in [-0.3, -0.25) is 14.5 Å². The molecule has 1 fully saturated rings. The number of aromatic nitrogens is 2. The molecule has 1 aromatic heterocycles. The predicted octanol–water partition coefficient (Wildman–Crippen LogP) is 7.74. The van der Waals surface area contributed by atoms with Crippen LogP contribution >= 0.6 is 23.1 Å². The Bertz CT molecular complexity index is 1860. The molecule has 3 aromatic carbocycles. The van der Waals surface area contributed by atoms with Crippen molar-refractivity contribution in [1.82, 2.24) is 10.2 Å². The third-order valence-corrected chi connectivity index (χ3v) is 10.2. The Labute approximate surface area is 286 Å². The second-order valence-corrected chi connectivity index (χ2v) is 14.2. The van der Waals surface area contributed by atoms with Gasteiger partial charge in [-0.2, -0.15) is 0 Å². The molecule has 9 nitrogen and oxygen atoms in total. The highest BCUT2D eigenvalue weighted by Gasteiger charge is 2.48. The number of halogens is 1. The van der Waals surface area contributed by atoms with E-state index in [1.165, 1.54) is 28.8 Å². The van der Waals surface area contributed by atoms with Crippen molar-refractivity contribution in [1.29, 1.82) is 0 Å². The molecule has 1 saturated heterocycles. The van der Waals surface area contributed by atoms with Crippen LogP contribution in [-0.4, -0.2) is 46.3 Å². The number of aliphatic hydroxyl groups excluding tert-OH is 1. The highest BCUT2D eigenvalue weighted by Crippen LogP contribution is 2.46. The Balaban J connectivity index is 1.40. The number of carbonyl (C=O) groups excluding carboxylic acids is 2. The zero-order valence-corrected chi connectivity index (χ0v) is 28.7. The molecule has 3 heterocycles. The number of anilines is 1. The summed E-state index contributed by atoms with van der Waals surface area (Å²) in [6.07, 6.45) is 1.51. The number of thioether (sulfide) groups is 1. The number of ketones is 1. The molecule has 0 spiro atoms. The second-order valence-electron chi connectivity index (χ2n) is 12.1. The van der Waals surface area contributed by atoms with Gasteiger partial charge in [0.05, 0.1) is 24.8 Å². The second kappa shape index (κ2) is 14.4. The van der Waals surface area contributed by atoms with Crippen LogP contribution in [0, 0.1) is 11.7 Å². The normalized spacial score (nSPS) is 18.3. The van der Waals surface area contributed by atoms with E-state index in [4.69, 9.17) is 14.2 Å². The lowest BCUT2D eigenvalue weighted by molar-refractivity contribution is -0.132. The Kier molecular flexibility index (Phi) is 10.0. The van der Waals surface area contributed by atoms with Crippen molar-refractivity contribution < 1.29 is 33.3 Å². The predicted molar refractivity (Wildman–Crippen MR) is 183 cm³/mol. The van der Waals surface area contributed by atoms with Crippen LogP contribution < -0.4 is 19.1 Å². The van der Waals surface area contributed by atoms with Crippen LogP contribution in [0.2, 0.25) is 0 Å². The van der Waals surface area contributed by atoms with Crippen LogP contribution in [0.15, 0.2) is 70.6 Å². The van der Waals surface area contributed by atoms with Crippen molar-refractivity contribution in [2.24, 2.45) is 5.92 Å². The van der Waals surface area contributed by atoms with E-state index in [9.17, 15) is 19.1 Å². The summed E-state index contributed by atoms with van der Waals surface area (Å²) < 4.78 is 31.8. The van der Waals surface area contributed by atoms with Crippen LogP contribution in [0.25, 0.3) is 5.76 Å². The van der Waals surface area contributed by atoms with Gasteiger partial charge in [0.15, 0.2) is 15.8 Å². The van der Waals surface area contributed by atoms with Gasteiger partial charge < -0.3 is 19.3 Å². The van der Waals surface area contributed by atoms with Crippen LogP contribution in [-0.2, 0) is 21.8 Å². The van der Waals surface area contributed by atoms with Crippen molar-refractivity contribution in [3.63, 3.8) is 0 Å². The highest BCUT2D eigenvalue weighted by atomic mass is 32.2. The molecule has 0 aliphatic carbocycles. The summed E-state index contributed by atoms with van der Waals surface area (Å²) in [6, 6.07) is 15.7. The topological polar surface area (TPSA) is 111 Å². The molecule has 48 heavy (non-hydrogen) atoms. The summed E-state index contributed by atoms with van der Waals surface area (Å²) in [6.45, 7) is 8.93. The van der Waals surface area contributed by atoms with Gasteiger partial charge in [0, 0.05) is 17.7 Å². The summed E-state index contributed by atoms with van der Waals surface area (Å²) >= 11 is 2.54. The molecule has 6 rings (SSSR count). The van der Waals surface area contributed by atoms with E-state index in [-0.39, 0.29) is 28.4 Å². The van der Waals surface area contributed by atoms with Crippen LogP contribution in [0.4, 0.5) is 9.52 Å². The van der Waals surface area contributed by atoms with Gasteiger partial charge >= 0.3 is 5.91 Å². The van der Waals surface area contributed by atoms with E-state index in [0.717, 1.165) is 34.6 Å². The standard InChI is InChI=1S/C36H36FN3O6S2/c1-5-44-29-18-23(8-13-28(29)45-15-14-20(2)3)31-30(32(41)24-9-12-27-25(17-24)16-21(4)46-27)33(42)34(43)40(31)35-38-39-36(48-35)47-19-22-6-10-26(37)11-7-22/h6-13,17-18,20-21,31,41H,5,14-16,19H2,1-4H3/t21-,31+/m1/s1. The number of amides is 1. The maximum absolute atomic E-state index is 13.8. The zero-order valence-electron chi connectivity index (χ0n) is 27.1. The summed E-state index contributed by atoms with van der Waals surface area (Å²) in [7, 11) is 0. The third kappa shape index (κ3) is 7.05. The first-order chi connectivity index (χ1) is 23.1. The lowest BCUT2D eigenvalue weighted by atomic mass is 9.94. The molecule has 12 heteroatoms. The molecule has 0 saturated carbocycles. The largest absolute Gasteiger partial charge is 0.507 e. The summed E-state index contributed by atoms with van der Waals surface area (Å²) in [5, 5.41) is 20.5. The Morgan fingerprint density at radius 2 is 1.88 bits per heavy atom. The molecule has 1 N–H and O–H groups in total. The van der Waals surface area contributed by atoms with Crippen molar-refractivity contribution in [3.8, 4) is 17.2 Å². The molecule has 0 unspecified atom stereocenters. The van der Waals surface area contributed by atoms with E-state index < -0.39 is 17.7 Å². The Hall–Kier alpha value is -4.42. The smallest absolute Gasteiger partial charge is 0.301 e. The number of Topliss-reactive ketones (excluding diaryl/α,β-unsaturated/α-hetero) is 1. The quantitative estimate of drug-likeness (QED) is 0.0525. The lowest BCUT2D eigenvalue weighted by Crippen LogP contribution is -2.29. The zero-order chi connectivity index (χ0) is 33.9. The van der Waals surface area contributed by atoms with Gasteiger partial charge in [0.2, 0.25) is 5.13 Å². The number of benzene rings is 3. The van der Waals surface area contributed by atoms with Crippen LogP contribution in [0.5, 0.6) is 17.2 Å². The Morgan fingerprint density at radius 3 is 2.62 bits per heavy atom. The van der Waals surface area contributed by atoms with Crippen molar-refractivity contribution in [2.45, 2.75) is 62.8 Å². The van der Waals surface area contributed by atoms with Gasteiger partial charge in [-0.15, -0.1) is 10.2 Å². The number of rotatable bonds is 12. The van der Waals surface area contributed by atoms with Gasteiger partial charge in [0.1, 0.15) is 23.4 Å². The maximum atomic E-state index is 13.8. The fourth-order valence-corrected chi connectivity index (χ4v) is 7.46. The molecule has 250 valence electrons.